The van der Waals surface area contributed by atoms with E-state index in [1.807, 2.05) is 0 Å². The third-order valence-electron chi connectivity index (χ3n) is 3.71. The largest absolute Gasteiger partial charge is 0.366 e. The van der Waals surface area contributed by atoms with Gasteiger partial charge in [0.05, 0.1) is 11.7 Å². The number of unbranched alkanes of at least 4 members (excludes halogenated alkanes) is 4. The van der Waals surface area contributed by atoms with E-state index in [4.69, 9.17) is 4.74 Å². The lowest BCUT2D eigenvalue weighted by Crippen LogP contribution is -2.13. The van der Waals surface area contributed by atoms with Gasteiger partial charge in [0.25, 0.3) is 0 Å². The Morgan fingerprint density at radius 2 is 2.06 bits per heavy atom. The second kappa shape index (κ2) is 8.20. The molecular weight excluding hydrogens is 407 g/mol. The number of alkyl halides is 2. The summed E-state index contributed by atoms with van der Waals surface area (Å²) in [6, 6.07) is 0. The molecule has 0 aromatic carbocycles. The standard InChI is InChI=1S/C14H24BrIO2/c1-3-4-5-6-7-10-14(2)12(18-14)9-8-11(17)13(15)16/h12-13H,3-10H2,1-2H3. The summed E-state index contributed by atoms with van der Waals surface area (Å²) in [6.45, 7) is 4.43. The summed E-state index contributed by atoms with van der Waals surface area (Å²) in [7, 11) is 0. The van der Waals surface area contributed by atoms with E-state index in [1.165, 1.54) is 32.1 Å². The van der Waals surface area contributed by atoms with Crippen LogP contribution in [0.4, 0.5) is 0 Å². The molecule has 4 heteroatoms. The van der Waals surface area contributed by atoms with Gasteiger partial charge < -0.3 is 4.74 Å². The molecule has 2 nitrogen and oxygen atoms in total. The molecule has 1 aliphatic rings. The topological polar surface area (TPSA) is 29.6 Å². The monoisotopic (exact) mass is 430 g/mol. The summed E-state index contributed by atoms with van der Waals surface area (Å²) >= 11 is 5.41. The zero-order valence-electron chi connectivity index (χ0n) is 11.4. The lowest BCUT2D eigenvalue weighted by Gasteiger charge is -2.06. The van der Waals surface area contributed by atoms with Gasteiger partial charge in [0, 0.05) is 6.42 Å². The molecule has 18 heavy (non-hydrogen) atoms. The second-order valence-electron chi connectivity index (χ2n) is 5.39. The minimum Gasteiger partial charge on any atom is -0.366 e. The molecule has 0 aliphatic carbocycles. The van der Waals surface area contributed by atoms with Gasteiger partial charge in [-0.15, -0.1) is 0 Å². The Morgan fingerprint density at radius 3 is 2.67 bits per heavy atom. The van der Waals surface area contributed by atoms with Crippen LogP contribution in [0.15, 0.2) is 0 Å². The molecule has 3 unspecified atom stereocenters. The first-order valence-corrected chi connectivity index (χ1v) is 9.14. The smallest absolute Gasteiger partial charge is 0.156 e. The third kappa shape index (κ3) is 5.87. The van der Waals surface area contributed by atoms with Crippen molar-refractivity contribution in [2.75, 3.05) is 0 Å². The van der Waals surface area contributed by atoms with Crippen LogP contribution >= 0.6 is 38.5 Å². The van der Waals surface area contributed by atoms with Crippen molar-refractivity contribution in [3.8, 4) is 0 Å². The van der Waals surface area contributed by atoms with Crippen molar-refractivity contribution in [3.63, 3.8) is 0 Å². The quantitative estimate of drug-likeness (QED) is 0.211. The van der Waals surface area contributed by atoms with E-state index < -0.39 is 0 Å². The minimum atomic E-state index is -0.0471. The Morgan fingerprint density at radius 1 is 1.39 bits per heavy atom. The molecule has 0 spiro atoms. The Kier molecular flexibility index (Phi) is 7.70. The van der Waals surface area contributed by atoms with E-state index in [9.17, 15) is 4.79 Å². The number of carbonyl (C=O) groups is 1. The molecule has 1 fully saturated rings. The van der Waals surface area contributed by atoms with E-state index in [2.05, 4.69) is 52.4 Å². The molecular formula is C14H24BrIO2. The van der Waals surface area contributed by atoms with E-state index in [1.54, 1.807) is 0 Å². The fourth-order valence-electron chi connectivity index (χ4n) is 2.34. The number of hydrogen-bond acceptors (Lipinski definition) is 2. The van der Waals surface area contributed by atoms with Crippen LogP contribution in [0, 0.1) is 0 Å². The minimum absolute atomic E-state index is 0.0471. The van der Waals surface area contributed by atoms with Crippen LogP contribution in [-0.4, -0.2) is 20.3 Å². The molecule has 0 amide bonds. The van der Waals surface area contributed by atoms with E-state index >= 15 is 0 Å². The van der Waals surface area contributed by atoms with E-state index in [0.717, 1.165) is 12.8 Å². The summed E-state index contributed by atoms with van der Waals surface area (Å²) in [4.78, 5) is 11.5. The van der Waals surface area contributed by atoms with Crippen molar-refractivity contribution in [2.45, 2.75) is 79.8 Å². The maximum Gasteiger partial charge on any atom is 0.156 e. The maximum atomic E-state index is 11.5. The number of rotatable bonds is 10. The zero-order valence-corrected chi connectivity index (χ0v) is 15.1. The number of ketones is 1. The van der Waals surface area contributed by atoms with Gasteiger partial charge in [0.15, 0.2) is 5.78 Å². The van der Waals surface area contributed by atoms with Crippen LogP contribution < -0.4 is 0 Å². The average molecular weight is 431 g/mol. The van der Waals surface area contributed by atoms with Gasteiger partial charge >= 0.3 is 0 Å². The summed E-state index contributed by atoms with van der Waals surface area (Å²) in [5.74, 6) is 0.274. The molecule has 106 valence electrons. The number of epoxide rings is 1. The lowest BCUT2D eigenvalue weighted by atomic mass is 9.96. The Balaban J connectivity index is 2.08. The Labute approximate surface area is 133 Å². The second-order valence-corrected chi connectivity index (χ2v) is 9.26. The molecule has 0 N–H and O–H groups in total. The SMILES string of the molecule is CCCCCCCC1(C)OC1CCC(=O)C(Br)I. The number of ether oxygens (including phenoxy) is 1. The highest BCUT2D eigenvalue weighted by atomic mass is 127. The predicted molar refractivity (Wildman–Crippen MR) is 87.6 cm³/mol. The average Bonchev–Trinajstić information content (AvgIpc) is 2.97. The van der Waals surface area contributed by atoms with Crippen LogP contribution in [-0.2, 0) is 9.53 Å². The van der Waals surface area contributed by atoms with Crippen LogP contribution in [0.5, 0.6) is 0 Å². The van der Waals surface area contributed by atoms with Crippen LogP contribution in [0.25, 0.3) is 0 Å². The number of carbonyl (C=O) groups excluding carboxylic acids is 1. The van der Waals surface area contributed by atoms with Gasteiger partial charge in [-0.25, -0.2) is 0 Å². The summed E-state index contributed by atoms with van der Waals surface area (Å²) in [5.41, 5.74) is 0.0690. The molecule has 0 aromatic heterocycles. The van der Waals surface area contributed by atoms with Gasteiger partial charge in [-0.2, -0.15) is 0 Å². The highest BCUT2D eigenvalue weighted by Crippen LogP contribution is 2.43. The normalized spacial score (nSPS) is 28.1. The zero-order chi connectivity index (χ0) is 13.6. The molecule has 1 saturated heterocycles. The summed E-state index contributed by atoms with van der Waals surface area (Å²) in [5, 5.41) is 0. The maximum absolute atomic E-state index is 11.5. The molecule has 0 aromatic rings. The first kappa shape index (κ1) is 16.9. The molecule has 0 bridgehead atoms. The van der Waals surface area contributed by atoms with Gasteiger partial charge in [-0.3, -0.25) is 4.79 Å². The van der Waals surface area contributed by atoms with Crippen molar-refractivity contribution >= 4 is 44.3 Å². The fourth-order valence-corrected chi connectivity index (χ4v) is 2.88. The molecule has 1 aliphatic heterocycles. The highest BCUT2D eigenvalue weighted by molar-refractivity contribution is 14.1. The van der Waals surface area contributed by atoms with Crippen LogP contribution in [0.2, 0.25) is 0 Å². The molecule has 1 heterocycles. The molecule has 0 saturated carbocycles. The first-order valence-electron chi connectivity index (χ1n) is 6.98. The van der Waals surface area contributed by atoms with Gasteiger partial charge in [0.1, 0.15) is 2.83 Å². The van der Waals surface area contributed by atoms with Crippen molar-refractivity contribution in [1.29, 1.82) is 0 Å². The predicted octanol–water partition coefficient (Wildman–Crippen LogP) is 5.01. The van der Waals surface area contributed by atoms with Crippen LogP contribution in [0.1, 0.15) is 65.2 Å². The highest BCUT2D eigenvalue weighted by Gasteiger charge is 2.50. The fraction of sp³-hybridized carbons (Fsp3) is 0.929. The molecule has 0 radical (unpaired) electrons. The van der Waals surface area contributed by atoms with Gasteiger partial charge in [-0.05, 0) is 19.8 Å². The molecule has 1 rings (SSSR count). The molecule has 3 atom stereocenters. The number of Topliss-reactive ketones (excluding diaryl/α,β-unsaturated/α-hetero) is 1. The van der Waals surface area contributed by atoms with Crippen molar-refractivity contribution in [2.24, 2.45) is 0 Å². The Hall–Kier alpha value is 0.840. The summed E-state index contributed by atoms with van der Waals surface area (Å²) < 4.78 is 5.72. The third-order valence-corrected chi connectivity index (χ3v) is 4.91. The van der Waals surface area contributed by atoms with Crippen molar-refractivity contribution in [1.82, 2.24) is 0 Å². The van der Waals surface area contributed by atoms with E-state index in [-0.39, 0.29) is 14.2 Å². The van der Waals surface area contributed by atoms with Crippen molar-refractivity contribution < 1.29 is 9.53 Å². The van der Waals surface area contributed by atoms with Crippen LogP contribution in [0.3, 0.4) is 0 Å². The number of halogens is 2. The number of hydrogen-bond donors (Lipinski definition) is 0. The summed E-state index contributed by atoms with van der Waals surface area (Å²) in [6.07, 6.45) is 9.54. The first-order chi connectivity index (χ1) is 8.49. The van der Waals surface area contributed by atoms with Crippen molar-refractivity contribution in [3.05, 3.63) is 0 Å². The van der Waals surface area contributed by atoms with Gasteiger partial charge in [-0.1, -0.05) is 77.5 Å². The lowest BCUT2D eigenvalue weighted by molar-refractivity contribution is -0.117. The van der Waals surface area contributed by atoms with E-state index in [0.29, 0.717) is 12.5 Å². The Bertz CT molecular complexity index is 271. The van der Waals surface area contributed by atoms with Gasteiger partial charge in [0.2, 0.25) is 0 Å².